The average Bonchev–Trinajstić information content (AvgIpc) is 3.26. The topological polar surface area (TPSA) is 37.3 Å². The molecule has 1 unspecified atom stereocenters. The first kappa shape index (κ1) is 19.5. The Labute approximate surface area is 152 Å². The second kappa shape index (κ2) is 7.59. The number of carboxylic acids is 1. The molecule has 1 fully saturated rings. The van der Waals surface area contributed by atoms with Crippen molar-refractivity contribution in [2.24, 2.45) is 5.92 Å². The molecule has 1 aliphatic rings. The maximum Gasteiger partial charge on any atom is 0.328 e. The molecule has 0 aliphatic heterocycles. The second-order valence-corrected chi connectivity index (χ2v) is 8.10. The molecular formula is C23H32O2. The van der Waals surface area contributed by atoms with Gasteiger partial charge in [0.25, 0.3) is 0 Å². The molecule has 0 radical (unpaired) electrons. The van der Waals surface area contributed by atoms with Crippen LogP contribution in [-0.4, -0.2) is 11.1 Å². The smallest absolute Gasteiger partial charge is 0.328 e. The van der Waals surface area contributed by atoms with Crippen LogP contribution in [0.4, 0.5) is 0 Å². The first-order valence-electron chi connectivity index (χ1n) is 9.44. The number of allylic oxidation sites excluding steroid dienone is 3. The van der Waals surface area contributed by atoms with Crippen LogP contribution in [-0.2, 0) is 10.2 Å². The van der Waals surface area contributed by atoms with Crippen molar-refractivity contribution in [2.45, 2.75) is 71.6 Å². The molecule has 2 nitrogen and oxygen atoms in total. The first-order chi connectivity index (χ1) is 11.7. The molecule has 0 aromatic heterocycles. The number of aliphatic carboxylic acids is 1. The summed E-state index contributed by atoms with van der Waals surface area (Å²) < 4.78 is 0. The third-order valence-electron chi connectivity index (χ3n) is 5.59. The van der Waals surface area contributed by atoms with Gasteiger partial charge in [-0.15, -0.1) is 0 Å². The highest BCUT2D eigenvalue weighted by atomic mass is 16.4. The molecule has 2 atom stereocenters. The number of benzene rings is 1. The number of carbonyl (C=O) groups is 1. The molecule has 1 aromatic rings. The van der Waals surface area contributed by atoms with Crippen molar-refractivity contribution in [1.82, 2.24) is 0 Å². The van der Waals surface area contributed by atoms with Crippen molar-refractivity contribution in [2.75, 3.05) is 0 Å². The van der Waals surface area contributed by atoms with Crippen LogP contribution in [0.25, 0.3) is 0 Å². The molecule has 1 saturated carbocycles. The SMILES string of the molecule is CC[C@]1(c2cc(C(C)C)cc(C(C)C)c2)CC1C=CC(C)=CC(=O)O. The Hall–Kier alpha value is -1.83. The molecule has 136 valence electrons. The third kappa shape index (κ3) is 4.42. The van der Waals surface area contributed by atoms with Gasteiger partial charge in [-0.3, -0.25) is 0 Å². The fourth-order valence-electron chi connectivity index (χ4n) is 3.67. The van der Waals surface area contributed by atoms with E-state index in [2.05, 4.69) is 58.9 Å². The lowest BCUT2D eigenvalue weighted by atomic mass is 9.84. The van der Waals surface area contributed by atoms with Gasteiger partial charge in [-0.1, -0.05) is 65.0 Å². The Balaban J connectivity index is 2.33. The van der Waals surface area contributed by atoms with Gasteiger partial charge in [0.1, 0.15) is 0 Å². The molecule has 1 aliphatic carbocycles. The van der Waals surface area contributed by atoms with Crippen LogP contribution in [0.5, 0.6) is 0 Å². The molecule has 0 amide bonds. The molecule has 0 heterocycles. The molecule has 25 heavy (non-hydrogen) atoms. The Morgan fingerprint density at radius 1 is 1.20 bits per heavy atom. The zero-order valence-electron chi connectivity index (χ0n) is 16.5. The largest absolute Gasteiger partial charge is 0.478 e. The molecule has 2 rings (SSSR count). The fraction of sp³-hybridized carbons (Fsp3) is 0.522. The zero-order valence-corrected chi connectivity index (χ0v) is 16.5. The van der Waals surface area contributed by atoms with Crippen molar-refractivity contribution in [1.29, 1.82) is 0 Å². The van der Waals surface area contributed by atoms with Crippen molar-refractivity contribution in [3.05, 3.63) is 58.7 Å². The van der Waals surface area contributed by atoms with Gasteiger partial charge >= 0.3 is 5.97 Å². The van der Waals surface area contributed by atoms with Crippen LogP contribution in [0.3, 0.4) is 0 Å². The summed E-state index contributed by atoms with van der Waals surface area (Å²) >= 11 is 0. The van der Waals surface area contributed by atoms with Crippen LogP contribution < -0.4 is 0 Å². The summed E-state index contributed by atoms with van der Waals surface area (Å²) in [6.45, 7) is 13.1. The van der Waals surface area contributed by atoms with Gasteiger partial charge in [-0.25, -0.2) is 4.79 Å². The van der Waals surface area contributed by atoms with Crippen molar-refractivity contribution >= 4 is 5.97 Å². The van der Waals surface area contributed by atoms with Crippen LogP contribution in [0.15, 0.2) is 42.0 Å². The molecule has 1 aromatic carbocycles. The highest BCUT2D eigenvalue weighted by Crippen LogP contribution is 2.58. The monoisotopic (exact) mass is 340 g/mol. The maximum absolute atomic E-state index is 10.8. The summed E-state index contributed by atoms with van der Waals surface area (Å²) in [6, 6.07) is 7.15. The number of hydrogen-bond donors (Lipinski definition) is 1. The lowest BCUT2D eigenvalue weighted by Crippen LogP contribution is -2.10. The highest BCUT2D eigenvalue weighted by molar-refractivity contribution is 5.81. The predicted molar refractivity (Wildman–Crippen MR) is 105 cm³/mol. The number of carboxylic acid groups (broad SMARTS) is 1. The Morgan fingerprint density at radius 2 is 1.76 bits per heavy atom. The number of rotatable bonds is 7. The van der Waals surface area contributed by atoms with Crippen LogP contribution in [0.1, 0.15) is 82.9 Å². The predicted octanol–water partition coefficient (Wildman–Crippen LogP) is 6.19. The van der Waals surface area contributed by atoms with E-state index in [1.54, 1.807) is 0 Å². The van der Waals surface area contributed by atoms with E-state index in [-0.39, 0.29) is 5.41 Å². The number of hydrogen-bond acceptors (Lipinski definition) is 1. The van der Waals surface area contributed by atoms with E-state index < -0.39 is 5.97 Å². The van der Waals surface area contributed by atoms with Gasteiger partial charge in [0.05, 0.1) is 0 Å². The summed E-state index contributed by atoms with van der Waals surface area (Å²) in [5.74, 6) is 0.669. The fourth-order valence-corrected chi connectivity index (χ4v) is 3.67. The van der Waals surface area contributed by atoms with Crippen LogP contribution >= 0.6 is 0 Å². The van der Waals surface area contributed by atoms with Gasteiger partial charge in [0, 0.05) is 11.5 Å². The van der Waals surface area contributed by atoms with Gasteiger partial charge in [-0.05, 0) is 59.8 Å². The molecule has 0 bridgehead atoms. The summed E-state index contributed by atoms with van der Waals surface area (Å²) in [7, 11) is 0. The molecule has 0 spiro atoms. The average molecular weight is 341 g/mol. The molecule has 2 heteroatoms. The maximum atomic E-state index is 10.8. The summed E-state index contributed by atoms with van der Waals surface area (Å²) in [6.07, 6.45) is 7.70. The minimum atomic E-state index is -0.883. The van der Waals surface area contributed by atoms with Gasteiger partial charge < -0.3 is 5.11 Å². The van der Waals surface area contributed by atoms with E-state index in [1.807, 2.05) is 13.0 Å². The van der Waals surface area contributed by atoms with E-state index in [4.69, 9.17) is 5.11 Å². The lowest BCUT2D eigenvalue weighted by molar-refractivity contribution is -0.131. The second-order valence-electron chi connectivity index (χ2n) is 8.10. The summed E-state index contributed by atoms with van der Waals surface area (Å²) in [5, 5.41) is 8.85. The molecule has 1 N–H and O–H groups in total. The molecular weight excluding hydrogens is 308 g/mol. The van der Waals surface area contributed by atoms with E-state index >= 15 is 0 Å². The summed E-state index contributed by atoms with van der Waals surface area (Å²) in [5.41, 5.74) is 5.31. The minimum absolute atomic E-state index is 0.217. The lowest BCUT2D eigenvalue weighted by Gasteiger charge is -2.20. The van der Waals surface area contributed by atoms with Gasteiger partial charge in [0.2, 0.25) is 0 Å². The van der Waals surface area contributed by atoms with E-state index in [1.165, 1.54) is 22.8 Å². The van der Waals surface area contributed by atoms with E-state index in [0.717, 1.165) is 18.4 Å². The third-order valence-corrected chi connectivity index (χ3v) is 5.59. The van der Waals surface area contributed by atoms with Crippen molar-refractivity contribution < 1.29 is 9.90 Å². The van der Waals surface area contributed by atoms with E-state index in [0.29, 0.717) is 17.8 Å². The van der Waals surface area contributed by atoms with Gasteiger partial charge in [0.15, 0.2) is 0 Å². The van der Waals surface area contributed by atoms with Crippen LogP contribution in [0, 0.1) is 5.92 Å². The first-order valence-corrected chi connectivity index (χ1v) is 9.44. The molecule has 0 saturated heterocycles. The van der Waals surface area contributed by atoms with E-state index in [9.17, 15) is 4.79 Å². The standard InChI is InChI=1S/C23H32O2/c1-7-23(14-20(23)9-8-17(6)10-22(24)25)21-12-18(15(2)3)11-19(13-21)16(4)5/h8-13,15-16,20H,7,14H2,1-6H3,(H,24,25)/t20?,23-/m0/s1. The zero-order chi connectivity index (χ0) is 18.8. The van der Waals surface area contributed by atoms with Gasteiger partial charge in [-0.2, -0.15) is 0 Å². The van der Waals surface area contributed by atoms with Crippen molar-refractivity contribution in [3.8, 4) is 0 Å². The normalized spacial score (nSPS) is 23.7. The van der Waals surface area contributed by atoms with Crippen LogP contribution in [0.2, 0.25) is 0 Å². The highest BCUT2D eigenvalue weighted by Gasteiger charge is 2.52. The quantitative estimate of drug-likeness (QED) is 0.475. The van der Waals surface area contributed by atoms with Crippen molar-refractivity contribution in [3.63, 3.8) is 0 Å². The minimum Gasteiger partial charge on any atom is -0.478 e. The Bertz CT molecular complexity index is 668. The summed E-state index contributed by atoms with van der Waals surface area (Å²) in [4.78, 5) is 10.8. The Kier molecular flexibility index (Phi) is 5.92. The Morgan fingerprint density at radius 3 is 2.20 bits per heavy atom.